The zero-order valence-electron chi connectivity index (χ0n) is 9.43. The molecule has 1 N–H and O–H groups in total. The van der Waals surface area contributed by atoms with Crippen LogP contribution in [0, 0.1) is 5.92 Å². The summed E-state index contributed by atoms with van der Waals surface area (Å²) in [6, 6.07) is 0. The Balaban J connectivity index is 3.38. The largest absolute Gasteiger partial charge is 0.356 e. The number of rotatable bonds is 7. The third kappa shape index (κ3) is 6.63. The second kappa shape index (κ2) is 7.54. The van der Waals surface area contributed by atoms with Gasteiger partial charge < -0.3 is 5.32 Å². The van der Waals surface area contributed by atoms with Crippen LogP contribution in [0.1, 0.15) is 46.5 Å². The molecule has 0 heterocycles. The van der Waals surface area contributed by atoms with Gasteiger partial charge in [0.15, 0.2) is 0 Å². The van der Waals surface area contributed by atoms with Crippen molar-refractivity contribution >= 4 is 11.7 Å². The summed E-state index contributed by atoms with van der Waals surface area (Å²) in [7, 11) is 0. The maximum Gasteiger partial charge on any atom is 0.219 e. The van der Waals surface area contributed by atoms with Crippen LogP contribution in [0.3, 0.4) is 0 Å². The summed E-state index contributed by atoms with van der Waals surface area (Å²) < 4.78 is 0. The molecular formula is C11H21NO2. The molecule has 0 aliphatic heterocycles. The summed E-state index contributed by atoms with van der Waals surface area (Å²) in [5, 5.41) is 2.73. The minimum atomic E-state index is 0.0875. The van der Waals surface area contributed by atoms with Crippen LogP contribution in [0.4, 0.5) is 0 Å². The Morgan fingerprint density at radius 2 is 1.71 bits per heavy atom. The van der Waals surface area contributed by atoms with E-state index < -0.39 is 0 Å². The molecule has 0 unspecified atom stereocenters. The molecule has 3 heteroatoms. The van der Waals surface area contributed by atoms with Crippen LogP contribution >= 0.6 is 0 Å². The molecule has 0 bridgehead atoms. The van der Waals surface area contributed by atoms with E-state index in [0.29, 0.717) is 25.2 Å². The zero-order chi connectivity index (χ0) is 11.0. The van der Waals surface area contributed by atoms with Crippen LogP contribution < -0.4 is 5.32 Å². The summed E-state index contributed by atoms with van der Waals surface area (Å²) in [6.45, 7) is 6.40. The fourth-order valence-corrected chi connectivity index (χ4v) is 1.16. The number of carbonyl (C=O) groups is 2. The molecule has 0 saturated carbocycles. The van der Waals surface area contributed by atoms with Crippen molar-refractivity contribution < 1.29 is 9.59 Å². The Bertz CT molecular complexity index is 188. The molecule has 0 spiro atoms. The van der Waals surface area contributed by atoms with E-state index in [9.17, 15) is 9.59 Å². The highest BCUT2D eigenvalue weighted by Crippen LogP contribution is 2.05. The second-order valence-corrected chi connectivity index (χ2v) is 3.78. The van der Waals surface area contributed by atoms with Crippen molar-refractivity contribution in [3.8, 4) is 0 Å². The number of hydrogen-bond donors (Lipinski definition) is 1. The normalized spacial score (nSPS) is 10.3. The molecule has 0 rings (SSSR count). The second-order valence-electron chi connectivity index (χ2n) is 3.78. The van der Waals surface area contributed by atoms with Crippen LogP contribution in [0.5, 0.6) is 0 Å². The quantitative estimate of drug-likeness (QED) is 0.637. The average molecular weight is 199 g/mol. The minimum absolute atomic E-state index is 0.0875. The third-order valence-corrected chi connectivity index (χ3v) is 2.09. The van der Waals surface area contributed by atoms with Crippen molar-refractivity contribution in [3.05, 3.63) is 0 Å². The molecule has 1 amide bonds. The lowest BCUT2D eigenvalue weighted by molar-refractivity contribution is -0.123. The van der Waals surface area contributed by atoms with E-state index in [1.54, 1.807) is 0 Å². The Labute approximate surface area is 86.3 Å². The predicted octanol–water partition coefficient (Wildman–Crippen LogP) is 1.91. The number of carbonyl (C=O) groups excluding carboxylic acids is 2. The Kier molecular flexibility index (Phi) is 7.07. The first-order valence-corrected chi connectivity index (χ1v) is 5.37. The highest BCUT2D eigenvalue weighted by Gasteiger charge is 2.06. The molecule has 0 radical (unpaired) electrons. The van der Waals surface area contributed by atoms with Crippen LogP contribution in [0.2, 0.25) is 0 Å². The topological polar surface area (TPSA) is 46.2 Å². The third-order valence-electron chi connectivity index (χ3n) is 2.09. The summed E-state index contributed by atoms with van der Waals surface area (Å²) in [5.74, 6) is 0.505. The number of nitrogens with one attached hydrogen (secondary N) is 1. The summed E-state index contributed by atoms with van der Waals surface area (Å²) >= 11 is 0. The fourth-order valence-electron chi connectivity index (χ4n) is 1.16. The maximum absolute atomic E-state index is 11.2. The molecule has 0 aromatic carbocycles. The molecule has 82 valence electrons. The highest BCUT2D eigenvalue weighted by atomic mass is 16.1. The van der Waals surface area contributed by atoms with Gasteiger partial charge in [0, 0.05) is 25.3 Å². The Morgan fingerprint density at radius 3 is 2.21 bits per heavy atom. The Hall–Kier alpha value is -0.860. The van der Waals surface area contributed by atoms with E-state index in [1.807, 2.05) is 20.8 Å². The SMILES string of the molecule is CCNC(=O)CCCCC(=O)C(C)C. The van der Waals surface area contributed by atoms with Crippen LogP contribution in [0.25, 0.3) is 0 Å². The minimum Gasteiger partial charge on any atom is -0.356 e. The highest BCUT2D eigenvalue weighted by molar-refractivity contribution is 5.80. The van der Waals surface area contributed by atoms with E-state index in [4.69, 9.17) is 0 Å². The van der Waals surface area contributed by atoms with Crippen molar-refractivity contribution in [3.63, 3.8) is 0 Å². The van der Waals surface area contributed by atoms with Crippen molar-refractivity contribution in [2.24, 2.45) is 5.92 Å². The lowest BCUT2D eigenvalue weighted by Crippen LogP contribution is -2.22. The molecule has 0 saturated heterocycles. The number of hydrogen-bond acceptors (Lipinski definition) is 2. The smallest absolute Gasteiger partial charge is 0.219 e. The monoisotopic (exact) mass is 199 g/mol. The van der Waals surface area contributed by atoms with E-state index in [2.05, 4.69) is 5.32 Å². The average Bonchev–Trinajstić information content (AvgIpc) is 2.12. The van der Waals surface area contributed by atoms with Crippen LogP contribution in [-0.2, 0) is 9.59 Å². The van der Waals surface area contributed by atoms with Gasteiger partial charge in [0.2, 0.25) is 5.91 Å². The van der Waals surface area contributed by atoms with Gasteiger partial charge in [0.1, 0.15) is 5.78 Å². The van der Waals surface area contributed by atoms with Gasteiger partial charge in [-0.05, 0) is 19.8 Å². The van der Waals surface area contributed by atoms with Gasteiger partial charge in [-0.1, -0.05) is 13.8 Å². The van der Waals surface area contributed by atoms with Gasteiger partial charge in [-0.15, -0.1) is 0 Å². The first-order valence-electron chi connectivity index (χ1n) is 5.37. The summed E-state index contributed by atoms with van der Waals surface area (Å²) in [4.78, 5) is 22.2. The summed E-state index contributed by atoms with van der Waals surface area (Å²) in [6.07, 6.45) is 2.79. The molecule has 0 aromatic rings. The molecule has 0 atom stereocenters. The maximum atomic E-state index is 11.2. The van der Waals surface area contributed by atoms with Crippen molar-refractivity contribution in [1.29, 1.82) is 0 Å². The molecule has 0 aliphatic carbocycles. The predicted molar refractivity (Wildman–Crippen MR) is 57.0 cm³/mol. The standard InChI is InChI=1S/C11H21NO2/c1-4-12-11(14)8-6-5-7-10(13)9(2)3/h9H,4-8H2,1-3H3,(H,12,14). The number of Topliss-reactive ketones (excluding diaryl/α,β-unsaturated/α-hetero) is 1. The lowest BCUT2D eigenvalue weighted by atomic mass is 10.0. The van der Waals surface area contributed by atoms with E-state index >= 15 is 0 Å². The fraction of sp³-hybridized carbons (Fsp3) is 0.818. The van der Waals surface area contributed by atoms with Crippen LogP contribution in [0.15, 0.2) is 0 Å². The van der Waals surface area contributed by atoms with Gasteiger partial charge in [0.25, 0.3) is 0 Å². The molecular weight excluding hydrogens is 178 g/mol. The molecule has 3 nitrogen and oxygen atoms in total. The number of ketones is 1. The number of amides is 1. The van der Waals surface area contributed by atoms with Gasteiger partial charge >= 0.3 is 0 Å². The van der Waals surface area contributed by atoms with E-state index in [1.165, 1.54) is 0 Å². The van der Waals surface area contributed by atoms with E-state index in [-0.39, 0.29) is 11.8 Å². The van der Waals surface area contributed by atoms with Gasteiger partial charge in [-0.3, -0.25) is 9.59 Å². The van der Waals surface area contributed by atoms with Gasteiger partial charge in [0.05, 0.1) is 0 Å². The van der Waals surface area contributed by atoms with Gasteiger partial charge in [-0.25, -0.2) is 0 Å². The number of unbranched alkanes of at least 4 members (excludes halogenated alkanes) is 1. The molecule has 14 heavy (non-hydrogen) atoms. The molecule has 0 aromatic heterocycles. The zero-order valence-corrected chi connectivity index (χ0v) is 9.43. The summed E-state index contributed by atoms with van der Waals surface area (Å²) in [5.41, 5.74) is 0. The first-order chi connectivity index (χ1) is 6.57. The van der Waals surface area contributed by atoms with Gasteiger partial charge in [-0.2, -0.15) is 0 Å². The first kappa shape index (κ1) is 13.1. The van der Waals surface area contributed by atoms with Crippen molar-refractivity contribution in [2.45, 2.75) is 46.5 Å². The van der Waals surface area contributed by atoms with Crippen LogP contribution in [-0.4, -0.2) is 18.2 Å². The lowest BCUT2D eigenvalue weighted by Gasteiger charge is -2.04. The molecule has 0 aliphatic rings. The van der Waals surface area contributed by atoms with Crippen molar-refractivity contribution in [2.75, 3.05) is 6.54 Å². The van der Waals surface area contributed by atoms with Crippen molar-refractivity contribution in [1.82, 2.24) is 5.32 Å². The van der Waals surface area contributed by atoms with E-state index in [0.717, 1.165) is 12.8 Å². The Morgan fingerprint density at radius 1 is 1.14 bits per heavy atom. The molecule has 0 fully saturated rings.